The zero-order chi connectivity index (χ0) is 13.3. The van der Waals surface area contributed by atoms with Crippen molar-refractivity contribution >= 4 is 17.2 Å². The number of nitrogens with one attached hydrogen (secondary N) is 1. The largest absolute Gasteiger partial charge is 0.320 e. The van der Waals surface area contributed by atoms with Gasteiger partial charge in [-0.25, -0.2) is 0 Å². The van der Waals surface area contributed by atoms with Crippen LogP contribution >= 0.6 is 11.3 Å². The maximum Gasteiger partial charge on any atom is 0.238 e. The Hall–Kier alpha value is -0.870. The van der Waals surface area contributed by atoms with Gasteiger partial charge in [-0.3, -0.25) is 10.1 Å². The molecule has 1 aliphatic rings. The fourth-order valence-electron chi connectivity index (χ4n) is 2.04. The van der Waals surface area contributed by atoms with Gasteiger partial charge in [-0.05, 0) is 22.8 Å². The summed E-state index contributed by atoms with van der Waals surface area (Å²) in [4.78, 5) is 15.3. The molecule has 100 valence electrons. The van der Waals surface area contributed by atoms with Gasteiger partial charge in [-0.15, -0.1) is 11.3 Å². The number of carbonyl (C=O) groups is 1. The Bertz CT molecular complexity index is 411. The summed E-state index contributed by atoms with van der Waals surface area (Å²) in [5, 5.41) is 5.37. The van der Waals surface area contributed by atoms with Gasteiger partial charge in [0.2, 0.25) is 5.91 Å². The first-order valence-electron chi connectivity index (χ1n) is 6.48. The molecular weight excluding hydrogens is 244 g/mol. The third kappa shape index (κ3) is 2.59. The summed E-state index contributed by atoms with van der Waals surface area (Å²) in [6, 6.07) is 4.13. The van der Waals surface area contributed by atoms with Crippen molar-refractivity contribution < 1.29 is 4.79 Å². The minimum absolute atomic E-state index is 0.0653. The van der Waals surface area contributed by atoms with Crippen LogP contribution < -0.4 is 5.32 Å². The number of hydrogen-bond acceptors (Lipinski definition) is 3. The molecule has 0 bridgehead atoms. The molecule has 0 spiro atoms. The molecule has 1 aliphatic heterocycles. The monoisotopic (exact) mass is 266 g/mol. The van der Waals surface area contributed by atoms with E-state index in [-0.39, 0.29) is 17.5 Å². The standard InChI is InChI=1S/C14H22N2OS/c1-10(2)14(3,4)9-16-12(17)8-15-13(16)11-6-5-7-18-11/h5-7,10,13,15H,8-9H2,1-4H3. The fourth-order valence-corrected chi connectivity index (χ4v) is 2.85. The van der Waals surface area contributed by atoms with Crippen molar-refractivity contribution in [1.29, 1.82) is 0 Å². The lowest BCUT2D eigenvalue weighted by Crippen LogP contribution is -2.40. The van der Waals surface area contributed by atoms with Crippen LogP contribution in [0.4, 0.5) is 0 Å². The van der Waals surface area contributed by atoms with Gasteiger partial charge < -0.3 is 4.90 Å². The summed E-state index contributed by atoms with van der Waals surface area (Å²) >= 11 is 1.70. The average Bonchev–Trinajstić information content (AvgIpc) is 2.89. The second kappa shape index (κ2) is 5.02. The van der Waals surface area contributed by atoms with Crippen LogP contribution in [-0.2, 0) is 4.79 Å². The smallest absolute Gasteiger partial charge is 0.238 e. The molecule has 1 N–H and O–H groups in total. The van der Waals surface area contributed by atoms with E-state index in [0.29, 0.717) is 12.5 Å². The van der Waals surface area contributed by atoms with Crippen LogP contribution in [0.2, 0.25) is 0 Å². The highest BCUT2D eigenvalue weighted by molar-refractivity contribution is 7.10. The van der Waals surface area contributed by atoms with E-state index in [1.807, 2.05) is 11.0 Å². The van der Waals surface area contributed by atoms with E-state index in [2.05, 4.69) is 44.5 Å². The predicted octanol–water partition coefficient (Wildman–Crippen LogP) is 2.86. The number of carbonyl (C=O) groups excluding carboxylic acids is 1. The highest BCUT2D eigenvalue weighted by Gasteiger charge is 2.36. The summed E-state index contributed by atoms with van der Waals surface area (Å²) in [6.07, 6.45) is 0.0653. The molecule has 1 saturated heterocycles. The number of amides is 1. The third-order valence-corrected chi connectivity index (χ3v) is 4.96. The Kier molecular flexibility index (Phi) is 3.78. The van der Waals surface area contributed by atoms with E-state index in [1.165, 1.54) is 4.88 Å². The van der Waals surface area contributed by atoms with Crippen LogP contribution in [0.1, 0.15) is 38.7 Å². The van der Waals surface area contributed by atoms with E-state index in [1.54, 1.807) is 11.3 Å². The lowest BCUT2D eigenvalue weighted by molar-refractivity contribution is -0.129. The van der Waals surface area contributed by atoms with Crippen LogP contribution in [0.3, 0.4) is 0 Å². The van der Waals surface area contributed by atoms with Crippen molar-refractivity contribution in [2.45, 2.75) is 33.9 Å². The highest BCUT2D eigenvalue weighted by Crippen LogP contribution is 2.33. The topological polar surface area (TPSA) is 32.3 Å². The molecule has 3 nitrogen and oxygen atoms in total. The molecule has 4 heteroatoms. The van der Waals surface area contributed by atoms with Gasteiger partial charge in [0.05, 0.1) is 6.54 Å². The Balaban J connectivity index is 2.16. The van der Waals surface area contributed by atoms with Crippen molar-refractivity contribution in [3.63, 3.8) is 0 Å². The SMILES string of the molecule is CC(C)C(C)(C)CN1C(=O)CNC1c1cccs1. The normalized spacial score (nSPS) is 21.1. The van der Waals surface area contributed by atoms with E-state index >= 15 is 0 Å². The van der Waals surface area contributed by atoms with E-state index in [0.717, 1.165) is 6.54 Å². The molecule has 0 aliphatic carbocycles. The number of rotatable bonds is 4. The van der Waals surface area contributed by atoms with E-state index in [9.17, 15) is 4.79 Å². The molecule has 1 fully saturated rings. The minimum atomic E-state index is 0.0653. The first-order chi connectivity index (χ1) is 8.42. The van der Waals surface area contributed by atoms with Crippen LogP contribution in [0.5, 0.6) is 0 Å². The lowest BCUT2D eigenvalue weighted by atomic mass is 9.80. The fraction of sp³-hybridized carbons (Fsp3) is 0.643. The number of thiophene rings is 1. The van der Waals surface area contributed by atoms with Crippen LogP contribution in [-0.4, -0.2) is 23.9 Å². The molecule has 18 heavy (non-hydrogen) atoms. The maximum atomic E-state index is 12.0. The van der Waals surface area contributed by atoms with Crippen molar-refractivity contribution in [2.24, 2.45) is 11.3 Å². The lowest BCUT2D eigenvalue weighted by Gasteiger charge is -2.36. The Morgan fingerprint density at radius 3 is 2.83 bits per heavy atom. The predicted molar refractivity (Wildman–Crippen MR) is 75.4 cm³/mol. The van der Waals surface area contributed by atoms with Crippen LogP contribution in [0.25, 0.3) is 0 Å². The second-order valence-electron chi connectivity index (χ2n) is 5.96. The van der Waals surface area contributed by atoms with Gasteiger partial charge in [0.1, 0.15) is 6.17 Å². The van der Waals surface area contributed by atoms with Gasteiger partial charge in [0.15, 0.2) is 0 Å². The van der Waals surface area contributed by atoms with Gasteiger partial charge in [-0.2, -0.15) is 0 Å². The average molecular weight is 266 g/mol. The summed E-state index contributed by atoms with van der Waals surface area (Å²) in [5.41, 5.74) is 0.136. The highest BCUT2D eigenvalue weighted by atomic mass is 32.1. The molecular formula is C14H22N2OS. The molecule has 1 amide bonds. The van der Waals surface area contributed by atoms with Crippen molar-refractivity contribution in [1.82, 2.24) is 10.2 Å². The quantitative estimate of drug-likeness (QED) is 0.909. The molecule has 1 aromatic rings. The molecule has 0 saturated carbocycles. The number of nitrogens with zero attached hydrogens (tertiary/aromatic N) is 1. The van der Waals surface area contributed by atoms with Gasteiger partial charge in [0.25, 0.3) is 0 Å². The van der Waals surface area contributed by atoms with Gasteiger partial charge in [0, 0.05) is 11.4 Å². The molecule has 1 aromatic heterocycles. The van der Waals surface area contributed by atoms with Gasteiger partial charge in [-0.1, -0.05) is 33.8 Å². The summed E-state index contributed by atoms with van der Waals surface area (Å²) in [7, 11) is 0. The van der Waals surface area contributed by atoms with Crippen molar-refractivity contribution in [3.8, 4) is 0 Å². The summed E-state index contributed by atoms with van der Waals surface area (Å²) in [5.74, 6) is 0.761. The third-order valence-electron chi connectivity index (χ3n) is 4.03. The Labute approximate surface area is 113 Å². The first kappa shape index (κ1) is 13.6. The molecule has 1 unspecified atom stereocenters. The molecule has 2 rings (SSSR count). The van der Waals surface area contributed by atoms with E-state index in [4.69, 9.17) is 0 Å². The maximum absolute atomic E-state index is 12.0. The molecule has 2 heterocycles. The Morgan fingerprint density at radius 2 is 2.28 bits per heavy atom. The number of hydrogen-bond donors (Lipinski definition) is 1. The minimum Gasteiger partial charge on any atom is -0.320 e. The van der Waals surface area contributed by atoms with Crippen molar-refractivity contribution in [2.75, 3.05) is 13.1 Å². The summed E-state index contributed by atoms with van der Waals surface area (Å²) in [6.45, 7) is 10.2. The Morgan fingerprint density at radius 1 is 1.56 bits per heavy atom. The van der Waals surface area contributed by atoms with Crippen molar-refractivity contribution in [3.05, 3.63) is 22.4 Å². The second-order valence-corrected chi connectivity index (χ2v) is 6.94. The van der Waals surface area contributed by atoms with Crippen LogP contribution in [0, 0.1) is 11.3 Å². The zero-order valence-corrected chi connectivity index (χ0v) is 12.4. The summed E-state index contributed by atoms with van der Waals surface area (Å²) < 4.78 is 0. The molecule has 0 radical (unpaired) electrons. The molecule has 0 aromatic carbocycles. The first-order valence-corrected chi connectivity index (χ1v) is 7.36. The van der Waals surface area contributed by atoms with E-state index < -0.39 is 0 Å². The van der Waals surface area contributed by atoms with Crippen LogP contribution in [0.15, 0.2) is 17.5 Å². The van der Waals surface area contributed by atoms with Gasteiger partial charge >= 0.3 is 0 Å². The zero-order valence-electron chi connectivity index (χ0n) is 11.6. The molecule has 1 atom stereocenters.